The highest BCUT2D eigenvalue weighted by atomic mass is 19.4. The fourth-order valence-electron chi connectivity index (χ4n) is 4.55. The van der Waals surface area contributed by atoms with E-state index in [0.29, 0.717) is 41.3 Å². The largest absolute Gasteiger partial charge is 0.462 e. The number of aromatic amines is 1. The van der Waals surface area contributed by atoms with Gasteiger partial charge >= 0.3 is 12.1 Å². The van der Waals surface area contributed by atoms with Crippen LogP contribution in [0.5, 0.6) is 11.5 Å². The molecule has 0 bridgehead atoms. The van der Waals surface area contributed by atoms with Gasteiger partial charge in [-0.1, -0.05) is 0 Å². The van der Waals surface area contributed by atoms with E-state index >= 15 is 0 Å². The van der Waals surface area contributed by atoms with Crippen LogP contribution in [0.4, 0.5) is 13.2 Å². The number of fused-ring (bicyclic) bond motifs is 1. The maximum Gasteiger partial charge on any atom is 0.417 e. The zero-order valence-electron chi connectivity index (χ0n) is 20.6. The van der Waals surface area contributed by atoms with Gasteiger partial charge in [-0.3, -0.25) is 9.78 Å². The third-order valence-corrected chi connectivity index (χ3v) is 6.56. The first-order valence-corrected chi connectivity index (χ1v) is 12.0. The molecule has 0 aliphatic carbocycles. The summed E-state index contributed by atoms with van der Waals surface area (Å²) in [5, 5.41) is 0.760. The Morgan fingerprint density at radius 3 is 2.50 bits per heavy atom. The van der Waals surface area contributed by atoms with E-state index in [-0.39, 0.29) is 18.6 Å². The van der Waals surface area contributed by atoms with Gasteiger partial charge in [-0.25, -0.2) is 4.79 Å². The molecule has 1 atom stereocenters. The van der Waals surface area contributed by atoms with Gasteiger partial charge in [0.15, 0.2) is 0 Å². The molecule has 1 saturated heterocycles. The average Bonchev–Trinajstić information content (AvgIpc) is 3.46. The number of pyridine rings is 1. The SMILES string of the molecule is CCOC(=O)c1ccc(Oc2cc3cc(-c4ccc(C(F)(F)F)cn4)[nH]c3cc2C2CCC(=O)N2C)cc1. The van der Waals surface area contributed by atoms with Crippen molar-refractivity contribution in [2.45, 2.75) is 32.0 Å². The molecule has 1 aliphatic heterocycles. The molecule has 1 amide bonds. The van der Waals surface area contributed by atoms with Gasteiger partial charge < -0.3 is 19.4 Å². The molecule has 5 rings (SSSR count). The monoisotopic (exact) mass is 523 g/mol. The zero-order chi connectivity index (χ0) is 27.0. The van der Waals surface area contributed by atoms with E-state index in [0.717, 1.165) is 28.7 Å². The number of carbonyl (C=O) groups excluding carboxylic acids is 2. The van der Waals surface area contributed by atoms with Crippen LogP contribution in [-0.2, 0) is 15.7 Å². The number of rotatable bonds is 6. The highest BCUT2D eigenvalue weighted by Gasteiger charge is 2.32. The van der Waals surface area contributed by atoms with Crippen molar-refractivity contribution in [1.29, 1.82) is 0 Å². The van der Waals surface area contributed by atoms with E-state index in [4.69, 9.17) is 9.47 Å². The van der Waals surface area contributed by atoms with Gasteiger partial charge in [-0.2, -0.15) is 13.2 Å². The molecule has 1 N–H and O–H groups in total. The summed E-state index contributed by atoms with van der Waals surface area (Å²) in [5.41, 5.74) is 2.00. The van der Waals surface area contributed by atoms with Crippen molar-refractivity contribution in [3.8, 4) is 22.9 Å². The Morgan fingerprint density at radius 2 is 1.89 bits per heavy atom. The molecule has 0 saturated carbocycles. The number of H-pyrrole nitrogens is 1. The van der Waals surface area contributed by atoms with Crippen molar-refractivity contribution in [2.75, 3.05) is 13.7 Å². The molecule has 196 valence electrons. The van der Waals surface area contributed by atoms with Gasteiger partial charge in [-0.05, 0) is 67.9 Å². The van der Waals surface area contributed by atoms with E-state index in [2.05, 4.69) is 9.97 Å². The number of amides is 1. The molecule has 3 heterocycles. The van der Waals surface area contributed by atoms with Crippen LogP contribution < -0.4 is 4.74 Å². The number of ether oxygens (including phenoxy) is 2. The molecule has 4 aromatic rings. The standard InChI is InChI=1S/C28H24F3N3O4/c1-3-37-27(36)16-4-7-19(8-5-16)38-25-13-17-12-23(21-9-6-18(15-32-21)28(29,30)31)33-22(17)14-20(25)24-10-11-26(35)34(24)2/h4-9,12-15,24,33H,3,10-11H2,1-2H3. The van der Waals surface area contributed by atoms with Crippen LogP contribution in [-0.4, -0.2) is 40.4 Å². The van der Waals surface area contributed by atoms with Crippen LogP contribution in [0.2, 0.25) is 0 Å². The van der Waals surface area contributed by atoms with Crippen LogP contribution >= 0.6 is 0 Å². The minimum absolute atomic E-state index is 0.0287. The number of carbonyl (C=O) groups is 2. The van der Waals surface area contributed by atoms with Crippen molar-refractivity contribution in [3.05, 3.63) is 77.5 Å². The number of aromatic nitrogens is 2. The Morgan fingerprint density at radius 1 is 1.13 bits per heavy atom. The summed E-state index contributed by atoms with van der Waals surface area (Å²) >= 11 is 0. The number of benzene rings is 2. The van der Waals surface area contributed by atoms with E-state index in [1.807, 2.05) is 12.1 Å². The molecule has 2 aromatic carbocycles. The van der Waals surface area contributed by atoms with Gasteiger partial charge in [0, 0.05) is 36.1 Å². The molecule has 10 heteroatoms. The van der Waals surface area contributed by atoms with Gasteiger partial charge in [0.1, 0.15) is 11.5 Å². The molecule has 38 heavy (non-hydrogen) atoms. The Hall–Kier alpha value is -4.34. The third kappa shape index (κ3) is 4.93. The van der Waals surface area contributed by atoms with Crippen molar-refractivity contribution < 1.29 is 32.2 Å². The van der Waals surface area contributed by atoms with E-state index in [1.54, 1.807) is 49.2 Å². The summed E-state index contributed by atoms with van der Waals surface area (Å²) < 4.78 is 50.1. The fourth-order valence-corrected chi connectivity index (χ4v) is 4.55. The van der Waals surface area contributed by atoms with Crippen molar-refractivity contribution >= 4 is 22.8 Å². The maximum absolute atomic E-state index is 12.9. The highest BCUT2D eigenvalue weighted by Crippen LogP contribution is 2.41. The number of esters is 1. The van der Waals surface area contributed by atoms with Gasteiger partial charge in [0.2, 0.25) is 5.91 Å². The fraction of sp³-hybridized carbons (Fsp3) is 0.250. The number of halogens is 3. The number of likely N-dealkylation sites (tertiary alicyclic amines) is 1. The number of alkyl halides is 3. The number of hydrogen-bond acceptors (Lipinski definition) is 5. The predicted octanol–water partition coefficient (Wildman–Crippen LogP) is 6.51. The highest BCUT2D eigenvalue weighted by molar-refractivity contribution is 5.90. The van der Waals surface area contributed by atoms with E-state index in [9.17, 15) is 22.8 Å². The van der Waals surface area contributed by atoms with Crippen molar-refractivity contribution in [3.63, 3.8) is 0 Å². The van der Waals surface area contributed by atoms with Crippen LogP contribution in [0, 0.1) is 0 Å². The third-order valence-electron chi connectivity index (χ3n) is 6.56. The summed E-state index contributed by atoms with van der Waals surface area (Å²) in [6.07, 6.45) is -2.63. The van der Waals surface area contributed by atoms with Crippen molar-refractivity contribution in [1.82, 2.24) is 14.9 Å². The molecule has 1 unspecified atom stereocenters. The second-order valence-corrected chi connectivity index (χ2v) is 9.00. The van der Waals surface area contributed by atoms with Crippen LogP contribution in [0.25, 0.3) is 22.3 Å². The first-order valence-electron chi connectivity index (χ1n) is 12.0. The Kier molecular flexibility index (Phi) is 6.56. The molecule has 1 aliphatic rings. The number of nitrogens with zero attached hydrogens (tertiary/aromatic N) is 2. The Labute approximate surface area is 216 Å². The van der Waals surface area contributed by atoms with Crippen LogP contribution in [0.15, 0.2) is 60.8 Å². The normalized spacial score (nSPS) is 15.8. The zero-order valence-corrected chi connectivity index (χ0v) is 20.6. The smallest absolute Gasteiger partial charge is 0.417 e. The summed E-state index contributed by atoms with van der Waals surface area (Å²) in [6.45, 7) is 2.01. The number of nitrogens with one attached hydrogen (secondary N) is 1. The Balaban J connectivity index is 1.52. The molecular formula is C28H24F3N3O4. The predicted molar refractivity (Wildman–Crippen MR) is 134 cm³/mol. The maximum atomic E-state index is 12.9. The summed E-state index contributed by atoms with van der Waals surface area (Å²) in [4.78, 5) is 33.1. The lowest BCUT2D eigenvalue weighted by atomic mass is 10.0. The van der Waals surface area contributed by atoms with E-state index < -0.39 is 17.7 Å². The lowest BCUT2D eigenvalue weighted by molar-refractivity contribution is -0.137. The molecule has 1 fully saturated rings. The van der Waals surface area contributed by atoms with E-state index in [1.165, 1.54) is 6.07 Å². The summed E-state index contributed by atoms with van der Waals surface area (Å²) in [7, 11) is 1.74. The van der Waals surface area contributed by atoms with Crippen LogP contribution in [0.3, 0.4) is 0 Å². The second-order valence-electron chi connectivity index (χ2n) is 9.00. The first-order chi connectivity index (χ1) is 18.1. The van der Waals surface area contributed by atoms with Gasteiger partial charge in [0.05, 0.1) is 35.2 Å². The number of hydrogen-bond donors (Lipinski definition) is 1. The molecule has 2 aromatic heterocycles. The molecule has 7 nitrogen and oxygen atoms in total. The van der Waals surface area contributed by atoms with Gasteiger partial charge in [0.25, 0.3) is 0 Å². The summed E-state index contributed by atoms with van der Waals surface area (Å²) in [5.74, 6) is 0.620. The lowest BCUT2D eigenvalue weighted by Gasteiger charge is -2.23. The summed E-state index contributed by atoms with van der Waals surface area (Å²) in [6, 6.07) is 14.2. The molecule has 0 spiro atoms. The molecule has 0 radical (unpaired) electrons. The lowest BCUT2D eigenvalue weighted by Crippen LogP contribution is -2.22. The molecular weight excluding hydrogens is 499 g/mol. The minimum atomic E-state index is -4.47. The first kappa shape index (κ1) is 25.3. The van der Waals surface area contributed by atoms with Crippen LogP contribution in [0.1, 0.15) is 47.3 Å². The second kappa shape index (κ2) is 9.85. The average molecular weight is 524 g/mol. The quantitative estimate of drug-likeness (QED) is 0.291. The van der Waals surface area contributed by atoms with Gasteiger partial charge in [-0.15, -0.1) is 0 Å². The Bertz CT molecular complexity index is 1500. The van der Waals surface area contributed by atoms with Crippen molar-refractivity contribution in [2.24, 2.45) is 0 Å². The topological polar surface area (TPSA) is 84.5 Å². The minimum Gasteiger partial charge on any atom is -0.462 e.